The Morgan fingerprint density at radius 3 is 2.29 bits per heavy atom. The number of carbonyl (C=O) groups excluding carboxylic acids is 1. The Morgan fingerprint density at radius 1 is 0.839 bits per heavy atom. The van der Waals surface area contributed by atoms with Gasteiger partial charge in [0.2, 0.25) is 0 Å². The van der Waals surface area contributed by atoms with Crippen LogP contribution in [0.1, 0.15) is 21.5 Å². The molecule has 1 amide bonds. The van der Waals surface area contributed by atoms with Crippen molar-refractivity contribution >= 4 is 22.5 Å². The van der Waals surface area contributed by atoms with Crippen molar-refractivity contribution in [2.75, 3.05) is 19.5 Å². The van der Waals surface area contributed by atoms with E-state index in [1.165, 1.54) is 0 Å². The SMILES string of the molecule is COc1ccc(-c2cc(C(=O)Nc3ccc(C)cc3)c3cc(C)ccc3n2)c(OC)c1. The van der Waals surface area contributed by atoms with Crippen LogP contribution in [0.3, 0.4) is 0 Å². The van der Waals surface area contributed by atoms with Crippen LogP contribution in [0.5, 0.6) is 11.5 Å². The van der Waals surface area contributed by atoms with Gasteiger partial charge in [-0.1, -0.05) is 29.3 Å². The van der Waals surface area contributed by atoms with Gasteiger partial charge in [-0.2, -0.15) is 0 Å². The highest BCUT2D eigenvalue weighted by atomic mass is 16.5. The third-order valence-electron chi connectivity index (χ3n) is 5.20. The molecule has 1 N–H and O–H groups in total. The summed E-state index contributed by atoms with van der Waals surface area (Å²) in [6.07, 6.45) is 0. The van der Waals surface area contributed by atoms with Crippen molar-refractivity contribution in [2.24, 2.45) is 0 Å². The number of benzene rings is 3. The number of carbonyl (C=O) groups is 1. The van der Waals surface area contributed by atoms with E-state index < -0.39 is 0 Å². The van der Waals surface area contributed by atoms with E-state index in [-0.39, 0.29) is 5.91 Å². The molecule has 0 unspecified atom stereocenters. The first-order valence-corrected chi connectivity index (χ1v) is 10.0. The second kappa shape index (κ2) is 8.48. The molecule has 4 aromatic rings. The highest BCUT2D eigenvalue weighted by Gasteiger charge is 2.17. The number of amides is 1. The number of ether oxygens (including phenoxy) is 2. The zero-order valence-corrected chi connectivity index (χ0v) is 18.0. The Balaban J connectivity index is 1.85. The predicted octanol–water partition coefficient (Wildman–Crippen LogP) is 5.79. The zero-order chi connectivity index (χ0) is 22.0. The molecule has 0 saturated carbocycles. The standard InChI is InChI=1S/C26H24N2O3/c1-16-5-8-18(9-6-16)27-26(29)22-15-24(28-23-12-7-17(2)13-21(22)23)20-11-10-19(30-3)14-25(20)31-4/h5-15H,1-4H3,(H,27,29). The predicted molar refractivity (Wildman–Crippen MR) is 124 cm³/mol. The maximum Gasteiger partial charge on any atom is 0.256 e. The van der Waals surface area contributed by atoms with E-state index in [4.69, 9.17) is 14.5 Å². The van der Waals surface area contributed by atoms with Crippen molar-refractivity contribution in [3.8, 4) is 22.8 Å². The van der Waals surface area contributed by atoms with Crippen LogP contribution < -0.4 is 14.8 Å². The van der Waals surface area contributed by atoms with Gasteiger partial charge in [-0.05, 0) is 56.3 Å². The molecule has 0 aliphatic rings. The molecule has 1 aromatic heterocycles. The fourth-order valence-corrected chi connectivity index (χ4v) is 3.51. The Morgan fingerprint density at radius 2 is 1.58 bits per heavy atom. The van der Waals surface area contributed by atoms with E-state index in [1.807, 2.05) is 80.6 Å². The highest BCUT2D eigenvalue weighted by Crippen LogP contribution is 2.34. The topological polar surface area (TPSA) is 60.5 Å². The Labute approximate surface area is 181 Å². The van der Waals surface area contributed by atoms with Crippen molar-refractivity contribution in [1.82, 2.24) is 4.98 Å². The molecule has 0 aliphatic heterocycles. The first-order valence-electron chi connectivity index (χ1n) is 10.0. The van der Waals surface area contributed by atoms with Crippen LogP contribution in [0, 0.1) is 13.8 Å². The van der Waals surface area contributed by atoms with Crippen molar-refractivity contribution < 1.29 is 14.3 Å². The lowest BCUT2D eigenvalue weighted by Gasteiger charge is -2.14. The average molecular weight is 412 g/mol. The number of aryl methyl sites for hydroxylation is 2. The van der Waals surface area contributed by atoms with E-state index in [1.54, 1.807) is 14.2 Å². The summed E-state index contributed by atoms with van der Waals surface area (Å²) in [5.74, 6) is 1.13. The molecule has 0 atom stereocenters. The van der Waals surface area contributed by atoms with Crippen LogP contribution >= 0.6 is 0 Å². The molecule has 5 nitrogen and oxygen atoms in total. The van der Waals surface area contributed by atoms with E-state index in [0.717, 1.165) is 33.3 Å². The van der Waals surface area contributed by atoms with Gasteiger partial charge in [0, 0.05) is 22.7 Å². The van der Waals surface area contributed by atoms with Gasteiger partial charge in [0.05, 0.1) is 31.0 Å². The zero-order valence-electron chi connectivity index (χ0n) is 18.0. The van der Waals surface area contributed by atoms with Crippen LogP contribution in [0.25, 0.3) is 22.2 Å². The van der Waals surface area contributed by atoms with Gasteiger partial charge in [-0.3, -0.25) is 4.79 Å². The van der Waals surface area contributed by atoms with Gasteiger partial charge in [-0.15, -0.1) is 0 Å². The van der Waals surface area contributed by atoms with Crippen molar-refractivity contribution in [2.45, 2.75) is 13.8 Å². The number of fused-ring (bicyclic) bond motifs is 1. The summed E-state index contributed by atoms with van der Waals surface area (Å²) in [5, 5.41) is 3.81. The second-order valence-electron chi connectivity index (χ2n) is 7.46. The van der Waals surface area contributed by atoms with Gasteiger partial charge in [0.1, 0.15) is 11.5 Å². The van der Waals surface area contributed by atoms with Gasteiger partial charge in [-0.25, -0.2) is 4.98 Å². The number of anilines is 1. The second-order valence-corrected chi connectivity index (χ2v) is 7.46. The van der Waals surface area contributed by atoms with E-state index in [2.05, 4.69) is 5.32 Å². The van der Waals surface area contributed by atoms with Gasteiger partial charge in [0.15, 0.2) is 0 Å². The normalized spacial score (nSPS) is 10.7. The third kappa shape index (κ3) is 4.21. The number of aromatic nitrogens is 1. The van der Waals surface area contributed by atoms with E-state index in [9.17, 15) is 4.79 Å². The van der Waals surface area contributed by atoms with E-state index in [0.29, 0.717) is 22.8 Å². The van der Waals surface area contributed by atoms with E-state index >= 15 is 0 Å². The molecular formula is C26H24N2O3. The minimum Gasteiger partial charge on any atom is -0.497 e. The molecule has 4 rings (SSSR count). The highest BCUT2D eigenvalue weighted by molar-refractivity contribution is 6.13. The van der Waals surface area contributed by atoms with Gasteiger partial charge in [0.25, 0.3) is 5.91 Å². The van der Waals surface area contributed by atoms with Crippen LogP contribution in [0.15, 0.2) is 66.7 Å². The average Bonchev–Trinajstić information content (AvgIpc) is 2.79. The van der Waals surface area contributed by atoms with Crippen LogP contribution in [0.2, 0.25) is 0 Å². The molecule has 0 aliphatic carbocycles. The third-order valence-corrected chi connectivity index (χ3v) is 5.20. The maximum absolute atomic E-state index is 13.3. The molecule has 3 aromatic carbocycles. The molecule has 0 saturated heterocycles. The summed E-state index contributed by atoms with van der Waals surface area (Å²) >= 11 is 0. The smallest absolute Gasteiger partial charge is 0.256 e. The van der Waals surface area contributed by atoms with Crippen LogP contribution in [0.4, 0.5) is 5.69 Å². The molecule has 5 heteroatoms. The van der Waals surface area contributed by atoms with Crippen molar-refractivity contribution in [3.05, 3.63) is 83.4 Å². The number of nitrogens with one attached hydrogen (secondary N) is 1. The summed E-state index contributed by atoms with van der Waals surface area (Å²) < 4.78 is 10.9. The fraction of sp³-hybridized carbons (Fsp3) is 0.154. The maximum atomic E-state index is 13.3. The van der Waals surface area contributed by atoms with Crippen LogP contribution in [-0.2, 0) is 0 Å². The lowest BCUT2D eigenvalue weighted by atomic mass is 10.0. The minimum atomic E-state index is -0.185. The van der Waals surface area contributed by atoms with Gasteiger partial charge >= 0.3 is 0 Å². The molecule has 1 heterocycles. The van der Waals surface area contributed by atoms with Crippen molar-refractivity contribution in [3.63, 3.8) is 0 Å². The van der Waals surface area contributed by atoms with Crippen LogP contribution in [-0.4, -0.2) is 25.1 Å². The summed E-state index contributed by atoms with van der Waals surface area (Å²) in [5.41, 5.74) is 5.69. The Kier molecular flexibility index (Phi) is 5.58. The lowest BCUT2D eigenvalue weighted by molar-refractivity contribution is 0.102. The number of hydrogen-bond acceptors (Lipinski definition) is 4. The molecule has 0 fully saturated rings. The first kappa shape index (κ1) is 20.4. The first-order chi connectivity index (χ1) is 15.0. The molecular weight excluding hydrogens is 388 g/mol. The number of nitrogens with zero attached hydrogens (tertiary/aromatic N) is 1. The monoisotopic (exact) mass is 412 g/mol. The molecule has 156 valence electrons. The summed E-state index contributed by atoms with van der Waals surface area (Å²) in [4.78, 5) is 18.1. The molecule has 0 bridgehead atoms. The van der Waals surface area contributed by atoms with Gasteiger partial charge < -0.3 is 14.8 Å². The summed E-state index contributed by atoms with van der Waals surface area (Å²) in [6.45, 7) is 4.01. The fourth-order valence-electron chi connectivity index (χ4n) is 3.51. The Hall–Kier alpha value is -3.86. The Bertz CT molecular complexity index is 1260. The number of rotatable bonds is 5. The minimum absolute atomic E-state index is 0.185. The van der Waals surface area contributed by atoms with Crippen molar-refractivity contribution in [1.29, 1.82) is 0 Å². The summed E-state index contributed by atoms with van der Waals surface area (Å²) in [6, 6.07) is 21.0. The lowest BCUT2D eigenvalue weighted by Crippen LogP contribution is -2.13. The molecule has 31 heavy (non-hydrogen) atoms. The number of methoxy groups -OCH3 is 2. The molecule has 0 radical (unpaired) electrons. The largest absolute Gasteiger partial charge is 0.497 e. The number of pyridine rings is 1. The summed E-state index contributed by atoms with van der Waals surface area (Å²) in [7, 11) is 3.21. The molecule has 0 spiro atoms. The quantitative estimate of drug-likeness (QED) is 0.451. The number of hydrogen-bond donors (Lipinski definition) is 1.